The summed E-state index contributed by atoms with van der Waals surface area (Å²) >= 11 is 0. The van der Waals surface area contributed by atoms with Crippen LogP contribution in [-0.4, -0.2) is 42.5 Å². The highest BCUT2D eigenvalue weighted by Gasteiger charge is 2.24. The van der Waals surface area contributed by atoms with Crippen LogP contribution in [0.2, 0.25) is 0 Å². The lowest BCUT2D eigenvalue weighted by molar-refractivity contribution is -0.384. The number of carboxylic acid groups (broad SMARTS) is 1. The van der Waals surface area contributed by atoms with Crippen molar-refractivity contribution < 1.29 is 24.0 Å². The van der Waals surface area contributed by atoms with Gasteiger partial charge in [0.1, 0.15) is 17.1 Å². The highest BCUT2D eigenvalue weighted by molar-refractivity contribution is 5.90. The van der Waals surface area contributed by atoms with E-state index in [0.717, 1.165) is 6.07 Å². The van der Waals surface area contributed by atoms with E-state index >= 15 is 0 Å². The Morgan fingerprint density at radius 3 is 2.57 bits per heavy atom. The lowest BCUT2D eigenvalue weighted by Crippen LogP contribution is -2.27. The van der Waals surface area contributed by atoms with Gasteiger partial charge in [0.2, 0.25) is 5.91 Å². The minimum atomic E-state index is -1.59. The first kappa shape index (κ1) is 16.3. The first-order valence-corrected chi connectivity index (χ1v) is 5.90. The van der Waals surface area contributed by atoms with Crippen LogP contribution in [0, 0.1) is 15.9 Å². The molecule has 0 aromatic heterocycles. The summed E-state index contributed by atoms with van der Waals surface area (Å²) in [7, 11) is 2.90. The van der Waals surface area contributed by atoms with Crippen LogP contribution in [0.15, 0.2) is 12.1 Å². The third kappa shape index (κ3) is 3.88. The van der Waals surface area contributed by atoms with Crippen LogP contribution in [0.25, 0.3) is 0 Å². The van der Waals surface area contributed by atoms with Gasteiger partial charge >= 0.3 is 5.97 Å². The number of carboxylic acids is 1. The molecule has 0 aliphatic carbocycles. The van der Waals surface area contributed by atoms with Crippen molar-refractivity contribution in [2.24, 2.45) is 0 Å². The molecule has 0 unspecified atom stereocenters. The number of rotatable bonds is 6. The van der Waals surface area contributed by atoms with Gasteiger partial charge in [-0.2, -0.15) is 0 Å². The summed E-state index contributed by atoms with van der Waals surface area (Å²) in [5.74, 6) is -2.93. The van der Waals surface area contributed by atoms with Gasteiger partial charge in [-0.05, 0) is 0 Å². The molecule has 0 radical (unpaired) electrons. The Labute approximate surface area is 119 Å². The fourth-order valence-corrected chi connectivity index (χ4v) is 1.68. The summed E-state index contributed by atoms with van der Waals surface area (Å²) in [6.07, 6.45) is 0.0620. The molecule has 1 amide bonds. The standard InChI is InChI=1S/C12H14FN3O5/c1-14-11(17)3-4-15(2)9-6-8(13)7(12(18)19)5-10(9)16(20)21/h5-6H,3-4H2,1-2H3,(H,14,17)(H,18,19). The van der Waals surface area contributed by atoms with Crippen molar-refractivity contribution in [3.63, 3.8) is 0 Å². The molecule has 1 aromatic rings. The van der Waals surface area contributed by atoms with E-state index in [1.54, 1.807) is 0 Å². The van der Waals surface area contributed by atoms with E-state index in [2.05, 4.69) is 5.32 Å². The predicted molar refractivity (Wildman–Crippen MR) is 72.0 cm³/mol. The number of benzene rings is 1. The normalized spacial score (nSPS) is 10.0. The van der Waals surface area contributed by atoms with Crippen LogP contribution in [0.3, 0.4) is 0 Å². The monoisotopic (exact) mass is 299 g/mol. The third-order valence-corrected chi connectivity index (χ3v) is 2.86. The highest BCUT2D eigenvalue weighted by Crippen LogP contribution is 2.30. The molecule has 0 saturated carbocycles. The number of carbonyl (C=O) groups excluding carboxylic acids is 1. The molecule has 0 bridgehead atoms. The molecule has 0 atom stereocenters. The highest BCUT2D eigenvalue weighted by atomic mass is 19.1. The zero-order chi connectivity index (χ0) is 16.2. The molecule has 0 aliphatic heterocycles. The average molecular weight is 299 g/mol. The Balaban J connectivity index is 3.16. The van der Waals surface area contributed by atoms with E-state index in [-0.39, 0.29) is 24.6 Å². The summed E-state index contributed by atoms with van der Waals surface area (Å²) in [6, 6.07) is 1.45. The van der Waals surface area contributed by atoms with Crippen LogP contribution in [0.1, 0.15) is 16.8 Å². The van der Waals surface area contributed by atoms with Crippen molar-refractivity contribution >= 4 is 23.3 Å². The summed E-state index contributed by atoms with van der Waals surface area (Å²) in [4.78, 5) is 33.5. The molecule has 9 heteroatoms. The second kappa shape index (κ2) is 6.64. The lowest BCUT2D eigenvalue weighted by atomic mass is 10.1. The molecule has 1 aromatic carbocycles. The first-order chi connectivity index (χ1) is 9.77. The van der Waals surface area contributed by atoms with Crippen LogP contribution < -0.4 is 10.2 Å². The molecular weight excluding hydrogens is 285 g/mol. The van der Waals surface area contributed by atoms with Gasteiger partial charge in [0.05, 0.1) is 4.92 Å². The second-order valence-corrected chi connectivity index (χ2v) is 4.23. The van der Waals surface area contributed by atoms with Gasteiger partial charge in [0.15, 0.2) is 0 Å². The lowest BCUT2D eigenvalue weighted by Gasteiger charge is -2.19. The summed E-state index contributed by atoms with van der Waals surface area (Å²) < 4.78 is 13.7. The van der Waals surface area contributed by atoms with E-state index in [1.165, 1.54) is 19.0 Å². The minimum absolute atomic E-state index is 0.0620. The zero-order valence-electron chi connectivity index (χ0n) is 11.4. The topological polar surface area (TPSA) is 113 Å². The van der Waals surface area contributed by atoms with Crippen molar-refractivity contribution in [3.05, 3.63) is 33.6 Å². The molecule has 0 aliphatic rings. The van der Waals surface area contributed by atoms with E-state index in [1.807, 2.05) is 0 Å². The summed E-state index contributed by atoms with van der Waals surface area (Å²) in [5.41, 5.74) is -1.40. The van der Waals surface area contributed by atoms with Gasteiger partial charge < -0.3 is 15.3 Å². The molecule has 0 heterocycles. The van der Waals surface area contributed by atoms with Crippen molar-refractivity contribution in [2.75, 3.05) is 25.5 Å². The molecule has 114 valence electrons. The first-order valence-electron chi connectivity index (χ1n) is 5.90. The molecule has 0 fully saturated rings. The van der Waals surface area contributed by atoms with Crippen LogP contribution in [-0.2, 0) is 4.79 Å². The van der Waals surface area contributed by atoms with Gasteiger partial charge in [0.25, 0.3) is 5.69 Å². The molecular formula is C12H14FN3O5. The van der Waals surface area contributed by atoms with Gasteiger partial charge in [-0.1, -0.05) is 0 Å². The number of halogens is 1. The minimum Gasteiger partial charge on any atom is -0.478 e. The van der Waals surface area contributed by atoms with E-state index < -0.39 is 28.0 Å². The Bertz CT molecular complexity index is 591. The van der Waals surface area contributed by atoms with Gasteiger partial charge in [-0.3, -0.25) is 14.9 Å². The molecule has 0 spiro atoms. The number of carbonyl (C=O) groups is 2. The van der Waals surface area contributed by atoms with Gasteiger partial charge in [0, 0.05) is 39.2 Å². The Kier molecular flexibility index (Phi) is 5.17. The maximum Gasteiger partial charge on any atom is 0.338 e. The molecule has 21 heavy (non-hydrogen) atoms. The number of aromatic carboxylic acids is 1. The maximum absolute atomic E-state index is 13.7. The predicted octanol–water partition coefficient (Wildman–Crippen LogP) is 1.00. The number of hydrogen-bond donors (Lipinski definition) is 2. The second-order valence-electron chi connectivity index (χ2n) is 4.23. The number of nitro groups is 1. The number of hydrogen-bond acceptors (Lipinski definition) is 5. The molecule has 1 rings (SSSR count). The fraction of sp³-hybridized carbons (Fsp3) is 0.333. The van der Waals surface area contributed by atoms with E-state index in [4.69, 9.17) is 5.11 Å². The van der Waals surface area contributed by atoms with E-state index in [9.17, 15) is 24.1 Å². The van der Waals surface area contributed by atoms with Crippen LogP contribution >= 0.6 is 0 Å². The number of nitrogens with one attached hydrogen (secondary N) is 1. The Hall–Kier alpha value is -2.71. The Morgan fingerprint density at radius 1 is 1.48 bits per heavy atom. The van der Waals surface area contributed by atoms with Gasteiger partial charge in [-0.15, -0.1) is 0 Å². The molecule has 0 saturated heterocycles. The molecule has 2 N–H and O–H groups in total. The fourth-order valence-electron chi connectivity index (χ4n) is 1.68. The SMILES string of the molecule is CNC(=O)CCN(C)c1cc(F)c(C(=O)O)cc1[N+](=O)[O-]. The van der Waals surface area contributed by atoms with Crippen molar-refractivity contribution in [2.45, 2.75) is 6.42 Å². The Morgan fingerprint density at radius 2 is 2.10 bits per heavy atom. The van der Waals surface area contributed by atoms with E-state index in [0.29, 0.717) is 6.07 Å². The number of nitrogens with zero attached hydrogens (tertiary/aromatic N) is 2. The van der Waals surface area contributed by atoms with Crippen LogP contribution in [0.4, 0.5) is 15.8 Å². The van der Waals surface area contributed by atoms with Crippen LogP contribution in [0.5, 0.6) is 0 Å². The smallest absolute Gasteiger partial charge is 0.338 e. The molecule has 8 nitrogen and oxygen atoms in total. The van der Waals surface area contributed by atoms with Crippen molar-refractivity contribution in [3.8, 4) is 0 Å². The quantitative estimate of drug-likeness (QED) is 0.598. The number of anilines is 1. The number of nitro benzene ring substituents is 1. The summed E-state index contributed by atoms with van der Waals surface area (Å²) in [6.45, 7) is 0.117. The maximum atomic E-state index is 13.7. The largest absolute Gasteiger partial charge is 0.478 e. The zero-order valence-corrected chi connectivity index (χ0v) is 11.4. The third-order valence-electron chi connectivity index (χ3n) is 2.86. The van der Waals surface area contributed by atoms with Crippen molar-refractivity contribution in [1.82, 2.24) is 5.32 Å². The van der Waals surface area contributed by atoms with Crippen molar-refractivity contribution in [1.29, 1.82) is 0 Å². The summed E-state index contributed by atoms with van der Waals surface area (Å²) in [5, 5.41) is 22.2. The number of amides is 1. The average Bonchev–Trinajstić information content (AvgIpc) is 2.43. The van der Waals surface area contributed by atoms with Gasteiger partial charge in [-0.25, -0.2) is 9.18 Å².